The van der Waals surface area contributed by atoms with Crippen molar-refractivity contribution < 1.29 is 13.6 Å². The van der Waals surface area contributed by atoms with Gasteiger partial charge in [0.1, 0.15) is 0 Å². The molecule has 0 atom stereocenters. The molecule has 0 aromatic carbocycles. The number of halogens is 1. The van der Waals surface area contributed by atoms with E-state index in [0.717, 1.165) is 10.9 Å². The van der Waals surface area contributed by atoms with Crippen LogP contribution in [-0.2, 0) is 6.54 Å². The molecule has 7 nitrogen and oxygen atoms in total. The van der Waals surface area contributed by atoms with Gasteiger partial charge in [-0.2, -0.15) is 0 Å². The number of carbonyl (C=O) groups excluding carboxylic acids is 1. The number of hydrogen-bond acceptors (Lipinski definition) is 6. The molecule has 0 spiro atoms. The standard InChI is InChI=1S/C16H15BrN4O3/c1-2-5-21(16(22)11-7-12(17)9-18-8-11)10-14-19-20-15(24-14)13-4-3-6-23-13/h3-4,6-9H,2,5,10H2,1H3. The number of rotatable bonds is 6. The summed E-state index contributed by atoms with van der Waals surface area (Å²) in [6, 6.07) is 5.21. The Kier molecular flexibility index (Phi) is 5.05. The van der Waals surface area contributed by atoms with Crippen molar-refractivity contribution in [1.29, 1.82) is 0 Å². The molecule has 3 aromatic rings. The molecule has 124 valence electrons. The van der Waals surface area contributed by atoms with E-state index in [1.807, 2.05) is 6.92 Å². The molecule has 0 aliphatic heterocycles. The highest BCUT2D eigenvalue weighted by molar-refractivity contribution is 9.10. The molecular formula is C16H15BrN4O3. The lowest BCUT2D eigenvalue weighted by Gasteiger charge is -2.20. The fourth-order valence-corrected chi connectivity index (χ4v) is 2.58. The summed E-state index contributed by atoms with van der Waals surface area (Å²) in [4.78, 5) is 18.4. The van der Waals surface area contributed by atoms with Crippen LogP contribution < -0.4 is 0 Å². The summed E-state index contributed by atoms with van der Waals surface area (Å²) in [5.74, 6) is 1.01. The van der Waals surface area contributed by atoms with Crippen LogP contribution in [0.15, 0.2) is 50.2 Å². The smallest absolute Gasteiger partial charge is 0.283 e. The largest absolute Gasteiger partial charge is 0.459 e. The average Bonchev–Trinajstić information content (AvgIpc) is 3.25. The third kappa shape index (κ3) is 3.70. The molecule has 24 heavy (non-hydrogen) atoms. The predicted molar refractivity (Wildman–Crippen MR) is 89.0 cm³/mol. The second-order valence-electron chi connectivity index (χ2n) is 5.10. The maximum atomic E-state index is 12.7. The van der Waals surface area contributed by atoms with E-state index in [-0.39, 0.29) is 12.5 Å². The predicted octanol–water partition coefficient (Wildman–Crippen LogP) is 3.54. The van der Waals surface area contributed by atoms with Crippen molar-refractivity contribution >= 4 is 21.8 Å². The molecule has 0 fully saturated rings. The van der Waals surface area contributed by atoms with E-state index in [1.165, 1.54) is 12.5 Å². The molecule has 0 aliphatic carbocycles. The lowest BCUT2D eigenvalue weighted by molar-refractivity contribution is 0.0728. The Bertz CT molecular complexity index is 816. The molecule has 3 heterocycles. The average molecular weight is 391 g/mol. The normalized spacial score (nSPS) is 10.8. The topological polar surface area (TPSA) is 85.3 Å². The fraction of sp³-hybridized carbons (Fsp3) is 0.250. The van der Waals surface area contributed by atoms with Crippen LogP contribution in [0.3, 0.4) is 0 Å². The van der Waals surface area contributed by atoms with Gasteiger partial charge in [0.2, 0.25) is 5.89 Å². The Morgan fingerprint density at radius 3 is 2.92 bits per heavy atom. The van der Waals surface area contributed by atoms with E-state index in [0.29, 0.717) is 29.6 Å². The summed E-state index contributed by atoms with van der Waals surface area (Å²) in [6.45, 7) is 2.80. The highest BCUT2D eigenvalue weighted by Gasteiger charge is 2.20. The third-order valence-electron chi connectivity index (χ3n) is 3.26. The Labute approximate surface area is 146 Å². The molecule has 8 heteroatoms. The Balaban J connectivity index is 1.78. The lowest BCUT2D eigenvalue weighted by Crippen LogP contribution is -2.31. The van der Waals surface area contributed by atoms with Crippen LogP contribution in [0.4, 0.5) is 0 Å². The SMILES string of the molecule is CCCN(Cc1nnc(-c2ccco2)o1)C(=O)c1cncc(Br)c1. The van der Waals surface area contributed by atoms with Crippen molar-refractivity contribution in [3.8, 4) is 11.7 Å². The summed E-state index contributed by atoms with van der Waals surface area (Å²) in [6.07, 6.45) is 5.52. The van der Waals surface area contributed by atoms with E-state index in [4.69, 9.17) is 8.83 Å². The van der Waals surface area contributed by atoms with Crippen molar-refractivity contribution in [3.05, 3.63) is 52.8 Å². The van der Waals surface area contributed by atoms with Crippen molar-refractivity contribution in [2.45, 2.75) is 19.9 Å². The van der Waals surface area contributed by atoms with Gasteiger partial charge in [-0.25, -0.2) is 0 Å². The van der Waals surface area contributed by atoms with E-state index in [1.54, 1.807) is 29.3 Å². The zero-order chi connectivity index (χ0) is 16.9. The van der Waals surface area contributed by atoms with Crippen LogP contribution in [0.25, 0.3) is 11.7 Å². The molecule has 0 N–H and O–H groups in total. The Hall–Kier alpha value is -2.48. The molecule has 0 saturated heterocycles. The monoisotopic (exact) mass is 390 g/mol. The van der Waals surface area contributed by atoms with Crippen LogP contribution >= 0.6 is 15.9 Å². The number of amides is 1. The number of nitrogens with zero attached hydrogens (tertiary/aromatic N) is 4. The summed E-state index contributed by atoms with van der Waals surface area (Å²) in [7, 11) is 0. The van der Waals surface area contributed by atoms with Gasteiger partial charge in [0.25, 0.3) is 11.8 Å². The van der Waals surface area contributed by atoms with Crippen LogP contribution in [-0.4, -0.2) is 32.5 Å². The van der Waals surface area contributed by atoms with Crippen LogP contribution in [0.1, 0.15) is 29.6 Å². The minimum Gasteiger partial charge on any atom is -0.459 e. The van der Waals surface area contributed by atoms with Gasteiger partial charge in [0.15, 0.2) is 5.76 Å². The van der Waals surface area contributed by atoms with Crippen molar-refractivity contribution in [2.75, 3.05) is 6.54 Å². The van der Waals surface area contributed by atoms with Gasteiger partial charge in [-0.05, 0) is 40.5 Å². The minimum atomic E-state index is -0.136. The van der Waals surface area contributed by atoms with Gasteiger partial charge < -0.3 is 13.7 Å². The van der Waals surface area contributed by atoms with Crippen LogP contribution in [0, 0.1) is 0 Å². The van der Waals surface area contributed by atoms with E-state index < -0.39 is 0 Å². The van der Waals surface area contributed by atoms with Gasteiger partial charge in [-0.1, -0.05) is 6.92 Å². The first kappa shape index (κ1) is 16.4. The second kappa shape index (κ2) is 7.39. The van der Waals surface area contributed by atoms with Gasteiger partial charge >= 0.3 is 0 Å². The lowest BCUT2D eigenvalue weighted by atomic mass is 10.2. The fourth-order valence-electron chi connectivity index (χ4n) is 2.21. The second-order valence-corrected chi connectivity index (χ2v) is 6.01. The molecule has 3 aromatic heterocycles. The Morgan fingerprint density at radius 2 is 2.21 bits per heavy atom. The molecule has 1 amide bonds. The molecule has 0 saturated carbocycles. The van der Waals surface area contributed by atoms with Crippen LogP contribution in [0.5, 0.6) is 0 Å². The number of hydrogen-bond donors (Lipinski definition) is 0. The maximum absolute atomic E-state index is 12.7. The van der Waals surface area contributed by atoms with Gasteiger partial charge in [-0.3, -0.25) is 9.78 Å². The van der Waals surface area contributed by atoms with Gasteiger partial charge in [0.05, 0.1) is 18.4 Å². The van der Waals surface area contributed by atoms with E-state index in [9.17, 15) is 4.79 Å². The summed E-state index contributed by atoms with van der Waals surface area (Å²) < 4.78 is 11.6. The molecule has 0 radical (unpaired) electrons. The molecular weight excluding hydrogens is 376 g/mol. The molecule has 0 unspecified atom stereocenters. The van der Waals surface area contributed by atoms with E-state index >= 15 is 0 Å². The molecule has 0 aliphatic rings. The van der Waals surface area contributed by atoms with Crippen molar-refractivity contribution in [2.24, 2.45) is 0 Å². The first-order chi connectivity index (χ1) is 11.7. The number of carbonyl (C=O) groups is 1. The van der Waals surface area contributed by atoms with Crippen molar-refractivity contribution in [1.82, 2.24) is 20.1 Å². The van der Waals surface area contributed by atoms with Crippen LogP contribution in [0.2, 0.25) is 0 Å². The first-order valence-electron chi connectivity index (χ1n) is 7.43. The van der Waals surface area contributed by atoms with Crippen molar-refractivity contribution in [3.63, 3.8) is 0 Å². The maximum Gasteiger partial charge on any atom is 0.283 e. The van der Waals surface area contributed by atoms with E-state index in [2.05, 4.69) is 31.1 Å². The van der Waals surface area contributed by atoms with Gasteiger partial charge in [-0.15, -0.1) is 10.2 Å². The Morgan fingerprint density at radius 1 is 1.33 bits per heavy atom. The first-order valence-corrected chi connectivity index (χ1v) is 8.22. The zero-order valence-electron chi connectivity index (χ0n) is 13.0. The molecule has 3 rings (SSSR count). The molecule has 0 bridgehead atoms. The highest BCUT2D eigenvalue weighted by atomic mass is 79.9. The summed E-state index contributed by atoms with van der Waals surface area (Å²) >= 11 is 3.33. The summed E-state index contributed by atoms with van der Waals surface area (Å²) in [5.41, 5.74) is 0.503. The summed E-state index contributed by atoms with van der Waals surface area (Å²) in [5, 5.41) is 7.94. The quantitative estimate of drug-likeness (QED) is 0.639. The zero-order valence-corrected chi connectivity index (χ0v) is 14.6. The number of aromatic nitrogens is 3. The van der Waals surface area contributed by atoms with Gasteiger partial charge in [0, 0.05) is 23.4 Å². The third-order valence-corrected chi connectivity index (χ3v) is 3.69. The highest BCUT2D eigenvalue weighted by Crippen LogP contribution is 2.19. The minimum absolute atomic E-state index is 0.136. The number of furan rings is 1. The number of pyridine rings is 1.